The Kier molecular flexibility index (Phi) is 5.86. The molecule has 3 aromatic rings. The molecule has 0 spiro atoms. The minimum atomic E-state index is -0.327. The molecular formula is C19H17ClN2O4. The van der Waals surface area contributed by atoms with Crippen LogP contribution in [0.15, 0.2) is 52.9 Å². The number of hydrogen-bond donors (Lipinski definition) is 0. The largest absolute Gasteiger partial charge is 0.497 e. The third-order valence-electron chi connectivity index (χ3n) is 3.69. The number of nitrogens with zero attached hydrogens (tertiary/aromatic N) is 2. The minimum Gasteiger partial charge on any atom is -0.497 e. The van der Waals surface area contributed by atoms with Gasteiger partial charge in [0.25, 0.3) is 5.89 Å². The molecule has 0 aliphatic carbocycles. The van der Waals surface area contributed by atoms with Crippen LogP contribution in [0.4, 0.5) is 0 Å². The smallest absolute Gasteiger partial charge is 0.306 e. The minimum absolute atomic E-state index is 0.0535. The number of halogens is 1. The number of hydrogen-bond acceptors (Lipinski definition) is 6. The van der Waals surface area contributed by atoms with Crippen molar-refractivity contribution in [3.8, 4) is 17.2 Å². The number of benzene rings is 2. The van der Waals surface area contributed by atoms with Gasteiger partial charge in [-0.2, -0.15) is 0 Å². The van der Waals surface area contributed by atoms with Crippen molar-refractivity contribution in [3.05, 3.63) is 65.0 Å². The zero-order valence-electron chi connectivity index (χ0n) is 14.1. The Morgan fingerprint density at radius 3 is 2.50 bits per heavy atom. The summed E-state index contributed by atoms with van der Waals surface area (Å²) in [6, 6.07) is 14.6. The van der Waals surface area contributed by atoms with Gasteiger partial charge in [0.2, 0.25) is 5.89 Å². The lowest BCUT2D eigenvalue weighted by molar-refractivity contribution is -0.145. The van der Waals surface area contributed by atoms with Crippen molar-refractivity contribution in [1.82, 2.24) is 10.2 Å². The first-order valence-corrected chi connectivity index (χ1v) is 8.39. The molecule has 1 aromatic heterocycles. The Hall–Kier alpha value is -2.86. The summed E-state index contributed by atoms with van der Waals surface area (Å²) < 4.78 is 15.8. The van der Waals surface area contributed by atoms with Crippen LogP contribution >= 0.6 is 11.6 Å². The van der Waals surface area contributed by atoms with E-state index in [0.29, 0.717) is 17.3 Å². The highest BCUT2D eigenvalue weighted by molar-refractivity contribution is 6.30. The third kappa shape index (κ3) is 4.83. The van der Waals surface area contributed by atoms with E-state index in [1.807, 2.05) is 24.3 Å². The molecule has 0 radical (unpaired) electrons. The predicted molar refractivity (Wildman–Crippen MR) is 95.9 cm³/mol. The second-order valence-electron chi connectivity index (χ2n) is 5.52. The van der Waals surface area contributed by atoms with Gasteiger partial charge in [-0.1, -0.05) is 23.7 Å². The number of aryl methyl sites for hydroxylation is 1. The number of methoxy groups -OCH3 is 1. The van der Waals surface area contributed by atoms with E-state index in [9.17, 15) is 4.79 Å². The van der Waals surface area contributed by atoms with Gasteiger partial charge >= 0.3 is 5.97 Å². The van der Waals surface area contributed by atoms with E-state index < -0.39 is 0 Å². The van der Waals surface area contributed by atoms with Crippen LogP contribution in [0.5, 0.6) is 5.75 Å². The summed E-state index contributed by atoms with van der Waals surface area (Å²) in [4.78, 5) is 11.9. The Balaban J connectivity index is 1.47. The highest BCUT2D eigenvalue weighted by Gasteiger charge is 2.11. The molecule has 3 rings (SSSR count). The van der Waals surface area contributed by atoms with E-state index in [4.69, 9.17) is 25.5 Å². The van der Waals surface area contributed by atoms with Gasteiger partial charge in [0.15, 0.2) is 6.61 Å². The van der Waals surface area contributed by atoms with Gasteiger partial charge in [-0.05, 0) is 48.4 Å². The zero-order chi connectivity index (χ0) is 18.4. The fourth-order valence-corrected chi connectivity index (χ4v) is 2.40. The molecule has 0 N–H and O–H groups in total. The molecule has 0 amide bonds. The van der Waals surface area contributed by atoms with E-state index in [-0.39, 0.29) is 24.9 Å². The maximum Gasteiger partial charge on any atom is 0.306 e. The molecule has 0 unspecified atom stereocenters. The molecule has 26 heavy (non-hydrogen) atoms. The molecule has 0 saturated carbocycles. The standard InChI is InChI=1S/C19H17ClN2O4/c1-24-16-9-2-13(3-10-16)4-11-18(23)25-12-17-21-22-19(26-17)14-5-7-15(20)8-6-14/h2-3,5-10H,4,11-12H2,1H3. The van der Waals surface area contributed by atoms with Gasteiger partial charge in [0.05, 0.1) is 7.11 Å². The monoisotopic (exact) mass is 372 g/mol. The van der Waals surface area contributed by atoms with Crippen molar-refractivity contribution in [3.63, 3.8) is 0 Å². The summed E-state index contributed by atoms with van der Waals surface area (Å²) >= 11 is 5.85. The number of esters is 1. The van der Waals surface area contributed by atoms with Gasteiger partial charge < -0.3 is 13.9 Å². The van der Waals surface area contributed by atoms with Crippen LogP contribution in [0.25, 0.3) is 11.5 Å². The summed E-state index contributed by atoms with van der Waals surface area (Å²) in [5, 5.41) is 8.45. The molecule has 0 bridgehead atoms. The molecule has 2 aromatic carbocycles. The van der Waals surface area contributed by atoms with Crippen LogP contribution < -0.4 is 4.74 Å². The summed E-state index contributed by atoms with van der Waals surface area (Å²) in [5.41, 5.74) is 1.78. The third-order valence-corrected chi connectivity index (χ3v) is 3.94. The maximum absolute atomic E-state index is 11.9. The van der Waals surface area contributed by atoms with Crippen LogP contribution in [0, 0.1) is 0 Å². The van der Waals surface area contributed by atoms with E-state index in [2.05, 4.69) is 10.2 Å². The second-order valence-corrected chi connectivity index (χ2v) is 5.95. The first-order valence-electron chi connectivity index (χ1n) is 8.01. The number of aromatic nitrogens is 2. The molecule has 1 heterocycles. The lowest BCUT2D eigenvalue weighted by Gasteiger charge is -2.04. The van der Waals surface area contributed by atoms with E-state index in [1.54, 1.807) is 31.4 Å². The quantitative estimate of drug-likeness (QED) is 0.582. The Labute approximate surface area is 155 Å². The molecule has 0 aliphatic rings. The highest BCUT2D eigenvalue weighted by atomic mass is 35.5. The van der Waals surface area contributed by atoms with Crippen molar-refractivity contribution in [1.29, 1.82) is 0 Å². The van der Waals surface area contributed by atoms with Gasteiger partial charge in [-0.15, -0.1) is 10.2 Å². The number of rotatable bonds is 7. The Bertz CT molecular complexity index is 860. The van der Waals surface area contributed by atoms with E-state index in [0.717, 1.165) is 16.9 Å². The molecule has 0 atom stereocenters. The van der Waals surface area contributed by atoms with Crippen LogP contribution in [-0.2, 0) is 22.6 Å². The fourth-order valence-electron chi connectivity index (χ4n) is 2.27. The number of ether oxygens (including phenoxy) is 2. The molecule has 7 heteroatoms. The Morgan fingerprint density at radius 2 is 1.81 bits per heavy atom. The molecule has 134 valence electrons. The topological polar surface area (TPSA) is 74.5 Å². The first-order chi connectivity index (χ1) is 12.6. The molecule has 6 nitrogen and oxygen atoms in total. The number of carbonyl (C=O) groups excluding carboxylic acids is 1. The van der Waals surface area contributed by atoms with Crippen molar-refractivity contribution in [2.24, 2.45) is 0 Å². The first kappa shape index (κ1) is 17.9. The summed E-state index contributed by atoms with van der Waals surface area (Å²) in [5.74, 6) is 1.05. The highest BCUT2D eigenvalue weighted by Crippen LogP contribution is 2.20. The predicted octanol–water partition coefficient (Wildman–Crippen LogP) is 4.07. The summed E-state index contributed by atoms with van der Waals surface area (Å²) in [7, 11) is 1.61. The van der Waals surface area contributed by atoms with Gasteiger partial charge in [-0.3, -0.25) is 4.79 Å². The lowest BCUT2D eigenvalue weighted by Crippen LogP contribution is -2.06. The zero-order valence-corrected chi connectivity index (χ0v) is 14.9. The summed E-state index contributed by atoms with van der Waals surface area (Å²) in [6.45, 7) is -0.0535. The van der Waals surface area contributed by atoms with Crippen LogP contribution in [0.1, 0.15) is 17.9 Å². The van der Waals surface area contributed by atoms with Gasteiger partial charge in [0, 0.05) is 17.0 Å². The van der Waals surface area contributed by atoms with Gasteiger partial charge in [-0.25, -0.2) is 0 Å². The van der Waals surface area contributed by atoms with Crippen molar-refractivity contribution in [2.75, 3.05) is 7.11 Å². The average Bonchev–Trinajstić information content (AvgIpc) is 3.14. The Morgan fingerprint density at radius 1 is 1.08 bits per heavy atom. The van der Waals surface area contributed by atoms with Crippen molar-refractivity contribution >= 4 is 17.6 Å². The number of carbonyl (C=O) groups is 1. The second kappa shape index (κ2) is 8.49. The molecule has 0 saturated heterocycles. The molecular weight excluding hydrogens is 356 g/mol. The fraction of sp³-hybridized carbons (Fsp3) is 0.211. The van der Waals surface area contributed by atoms with E-state index >= 15 is 0 Å². The van der Waals surface area contributed by atoms with Crippen LogP contribution in [-0.4, -0.2) is 23.3 Å². The van der Waals surface area contributed by atoms with Crippen LogP contribution in [0.3, 0.4) is 0 Å². The van der Waals surface area contributed by atoms with E-state index in [1.165, 1.54) is 0 Å². The average molecular weight is 373 g/mol. The lowest BCUT2D eigenvalue weighted by atomic mass is 10.1. The maximum atomic E-state index is 11.9. The van der Waals surface area contributed by atoms with Crippen LogP contribution in [0.2, 0.25) is 5.02 Å². The summed E-state index contributed by atoms with van der Waals surface area (Å²) in [6.07, 6.45) is 0.854. The SMILES string of the molecule is COc1ccc(CCC(=O)OCc2nnc(-c3ccc(Cl)cc3)o2)cc1. The van der Waals surface area contributed by atoms with Crippen molar-refractivity contribution in [2.45, 2.75) is 19.4 Å². The molecule has 0 fully saturated rings. The molecule has 0 aliphatic heterocycles. The normalized spacial score (nSPS) is 10.5. The van der Waals surface area contributed by atoms with Crippen molar-refractivity contribution < 1.29 is 18.7 Å². The van der Waals surface area contributed by atoms with Gasteiger partial charge in [0.1, 0.15) is 5.75 Å².